The molecule has 172 valence electrons. The van der Waals surface area contributed by atoms with Crippen LogP contribution in [0.4, 0.5) is 4.39 Å². The molecule has 1 N–H and O–H groups in total. The quantitative estimate of drug-likeness (QED) is 0.608. The van der Waals surface area contributed by atoms with Gasteiger partial charge in [-0.25, -0.2) is 4.39 Å². The van der Waals surface area contributed by atoms with E-state index < -0.39 is 23.6 Å². The zero-order valence-electron chi connectivity index (χ0n) is 18.8. The molecule has 0 unspecified atom stereocenters. The summed E-state index contributed by atoms with van der Waals surface area (Å²) in [5.74, 6) is -0.337. The molecule has 2 aliphatic heterocycles. The molecule has 2 aromatic rings. The number of carboxylic acid groups (broad SMARTS) is 1. The molecule has 1 fully saturated rings. The predicted octanol–water partition coefficient (Wildman–Crippen LogP) is 5.57. The Morgan fingerprint density at radius 2 is 1.97 bits per heavy atom. The van der Waals surface area contributed by atoms with E-state index in [1.165, 1.54) is 12.1 Å². The second-order valence-electron chi connectivity index (χ2n) is 9.30. The molecule has 2 heterocycles. The fourth-order valence-electron chi connectivity index (χ4n) is 4.87. The van der Waals surface area contributed by atoms with Crippen molar-refractivity contribution in [1.82, 2.24) is 0 Å². The van der Waals surface area contributed by atoms with E-state index >= 15 is 0 Å². The van der Waals surface area contributed by atoms with Crippen molar-refractivity contribution in [2.24, 2.45) is 11.8 Å². The van der Waals surface area contributed by atoms with Crippen molar-refractivity contribution >= 4 is 5.97 Å². The van der Waals surface area contributed by atoms with Crippen LogP contribution in [0.25, 0.3) is 0 Å². The fraction of sp³-hybridized carbons (Fsp3) is 0.500. The number of carboxylic acids is 1. The summed E-state index contributed by atoms with van der Waals surface area (Å²) in [5, 5.41) is 9.95. The van der Waals surface area contributed by atoms with E-state index in [-0.39, 0.29) is 17.8 Å². The molecule has 5 nitrogen and oxygen atoms in total. The molecule has 4 rings (SSSR count). The number of hydrogen-bond donors (Lipinski definition) is 1. The normalized spacial score (nSPS) is 25.9. The van der Waals surface area contributed by atoms with Crippen LogP contribution < -0.4 is 9.47 Å². The summed E-state index contributed by atoms with van der Waals surface area (Å²) in [5.41, 5.74) is 1.32. The zero-order valence-corrected chi connectivity index (χ0v) is 18.8. The number of benzene rings is 2. The first-order valence-electron chi connectivity index (χ1n) is 11.4. The van der Waals surface area contributed by atoms with E-state index in [4.69, 9.17) is 14.2 Å². The van der Waals surface area contributed by atoms with E-state index in [9.17, 15) is 14.3 Å². The van der Waals surface area contributed by atoms with Crippen molar-refractivity contribution in [2.75, 3.05) is 6.61 Å². The lowest BCUT2D eigenvalue weighted by molar-refractivity contribution is -0.188. The van der Waals surface area contributed by atoms with Crippen LogP contribution in [-0.2, 0) is 16.0 Å². The van der Waals surface area contributed by atoms with Crippen LogP contribution in [0.15, 0.2) is 42.5 Å². The lowest BCUT2D eigenvalue weighted by Gasteiger charge is -2.50. The number of aliphatic carboxylic acids is 1. The number of fused-ring (bicyclic) bond motifs is 3. The lowest BCUT2D eigenvalue weighted by atomic mass is 9.71. The third-order valence-electron chi connectivity index (χ3n) is 6.62. The smallest absolute Gasteiger partial charge is 0.309 e. The van der Waals surface area contributed by atoms with Gasteiger partial charge in [-0.3, -0.25) is 4.79 Å². The van der Waals surface area contributed by atoms with Gasteiger partial charge in [0.25, 0.3) is 0 Å². The van der Waals surface area contributed by atoms with Gasteiger partial charge in [-0.1, -0.05) is 19.1 Å². The number of halogens is 1. The second-order valence-corrected chi connectivity index (χ2v) is 9.30. The largest absolute Gasteiger partial charge is 0.494 e. The Balaban J connectivity index is 1.61. The number of rotatable bonds is 7. The van der Waals surface area contributed by atoms with Crippen LogP contribution in [0, 0.1) is 17.7 Å². The molecule has 6 heteroatoms. The molecule has 0 radical (unpaired) electrons. The van der Waals surface area contributed by atoms with Gasteiger partial charge in [0.2, 0.25) is 0 Å². The van der Waals surface area contributed by atoms with Crippen LogP contribution in [-0.4, -0.2) is 29.4 Å². The molecule has 0 saturated carbocycles. The maximum Gasteiger partial charge on any atom is 0.309 e. The minimum Gasteiger partial charge on any atom is -0.494 e. The highest BCUT2D eigenvalue weighted by Crippen LogP contribution is 2.53. The van der Waals surface area contributed by atoms with Gasteiger partial charge in [0, 0.05) is 11.5 Å². The fourth-order valence-corrected chi connectivity index (χ4v) is 4.87. The number of aryl methyl sites for hydroxylation is 1. The molecular weight excluding hydrogens is 411 g/mol. The number of ether oxygens (including phenoxy) is 3. The van der Waals surface area contributed by atoms with Crippen molar-refractivity contribution in [3.8, 4) is 11.5 Å². The average molecular weight is 443 g/mol. The van der Waals surface area contributed by atoms with E-state index in [2.05, 4.69) is 6.92 Å². The molecule has 32 heavy (non-hydrogen) atoms. The first kappa shape index (κ1) is 22.6. The summed E-state index contributed by atoms with van der Waals surface area (Å²) in [4.78, 5) is 12.1. The standard InChI is InChI=1S/C26H31FO5/c1-4-13-30-18-10-12-23-19(14-18)24-21(26(2,3)32-23)15-20(25(28)29)22(31-24)11-7-16-5-8-17(27)9-6-16/h5-6,8-10,12,14,20-22,24H,4,7,11,13,15H2,1-3H3,(H,28,29)/t20-,21-,22-,24+/m0/s1. The SMILES string of the molecule is CCCOc1ccc2c(c1)[C@H]1O[C@@H](CCc3ccc(F)cc3)[C@@H](C(=O)O)C[C@@H]1C(C)(C)O2. The zero-order chi connectivity index (χ0) is 22.9. The summed E-state index contributed by atoms with van der Waals surface area (Å²) in [6, 6.07) is 12.1. The molecule has 0 aliphatic carbocycles. The minimum absolute atomic E-state index is 0.0976. The third-order valence-corrected chi connectivity index (χ3v) is 6.62. The van der Waals surface area contributed by atoms with Gasteiger partial charge in [0.1, 0.15) is 22.9 Å². The summed E-state index contributed by atoms with van der Waals surface area (Å²) < 4.78 is 31.9. The van der Waals surface area contributed by atoms with E-state index in [1.54, 1.807) is 12.1 Å². The molecule has 2 aromatic carbocycles. The topological polar surface area (TPSA) is 65.0 Å². The third kappa shape index (κ3) is 4.60. The Morgan fingerprint density at radius 1 is 1.22 bits per heavy atom. The Kier molecular flexibility index (Phi) is 6.42. The summed E-state index contributed by atoms with van der Waals surface area (Å²) in [7, 11) is 0. The number of carbonyl (C=O) groups is 1. The molecule has 2 aliphatic rings. The maximum atomic E-state index is 13.2. The maximum absolute atomic E-state index is 13.2. The van der Waals surface area contributed by atoms with Crippen molar-refractivity contribution in [1.29, 1.82) is 0 Å². The van der Waals surface area contributed by atoms with Gasteiger partial charge in [-0.15, -0.1) is 0 Å². The Labute approximate surface area is 188 Å². The second kappa shape index (κ2) is 9.10. The van der Waals surface area contributed by atoms with Crippen molar-refractivity contribution in [3.63, 3.8) is 0 Å². The Hall–Kier alpha value is -2.60. The first-order chi connectivity index (χ1) is 15.3. The van der Waals surface area contributed by atoms with E-state index in [1.807, 2.05) is 32.0 Å². The van der Waals surface area contributed by atoms with Crippen molar-refractivity contribution in [2.45, 2.75) is 64.3 Å². The van der Waals surface area contributed by atoms with E-state index in [0.29, 0.717) is 25.9 Å². The highest BCUT2D eigenvalue weighted by atomic mass is 19.1. The Morgan fingerprint density at radius 3 is 2.66 bits per heavy atom. The van der Waals surface area contributed by atoms with E-state index in [0.717, 1.165) is 29.0 Å². The first-order valence-corrected chi connectivity index (χ1v) is 11.4. The summed E-state index contributed by atoms with van der Waals surface area (Å²) in [6.45, 7) is 6.68. The highest BCUT2D eigenvalue weighted by Gasteiger charge is 2.52. The van der Waals surface area contributed by atoms with Gasteiger partial charge in [-0.05, 0) is 75.4 Å². The molecule has 0 aromatic heterocycles. The lowest BCUT2D eigenvalue weighted by Crippen LogP contribution is -2.52. The van der Waals surface area contributed by atoms with Gasteiger partial charge in [-0.2, -0.15) is 0 Å². The van der Waals surface area contributed by atoms with Crippen LogP contribution in [0.5, 0.6) is 11.5 Å². The predicted molar refractivity (Wildman–Crippen MR) is 119 cm³/mol. The molecule has 4 atom stereocenters. The summed E-state index contributed by atoms with van der Waals surface area (Å²) >= 11 is 0. The van der Waals surface area contributed by atoms with Gasteiger partial charge in [0.15, 0.2) is 0 Å². The van der Waals surface area contributed by atoms with Crippen LogP contribution >= 0.6 is 0 Å². The molecule has 0 spiro atoms. The summed E-state index contributed by atoms with van der Waals surface area (Å²) in [6.07, 6.45) is 1.84. The van der Waals surface area contributed by atoms with Gasteiger partial charge >= 0.3 is 5.97 Å². The monoisotopic (exact) mass is 442 g/mol. The van der Waals surface area contributed by atoms with Crippen LogP contribution in [0.2, 0.25) is 0 Å². The van der Waals surface area contributed by atoms with Crippen LogP contribution in [0.1, 0.15) is 57.3 Å². The average Bonchev–Trinajstić information content (AvgIpc) is 2.76. The van der Waals surface area contributed by atoms with Gasteiger partial charge in [0.05, 0.1) is 24.7 Å². The Bertz CT molecular complexity index is 955. The molecule has 1 saturated heterocycles. The van der Waals surface area contributed by atoms with Crippen molar-refractivity contribution in [3.05, 3.63) is 59.4 Å². The van der Waals surface area contributed by atoms with Crippen LogP contribution in [0.3, 0.4) is 0 Å². The van der Waals surface area contributed by atoms with Gasteiger partial charge < -0.3 is 19.3 Å². The van der Waals surface area contributed by atoms with Crippen molar-refractivity contribution < 1.29 is 28.5 Å². The highest BCUT2D eigenvalue weighted by molar-refractivity contribution is 5.71. The molecule has 0 bridgehead atoms. The number of hydrogen-bond acceptors (Lipinski definition) is 4. The molecule has 0 amide bonds. The minimum atomic E-state index is -0.853. The molecular formula is C26H31FO5.